The number of carbonyl (C=O) groups is 3. The smallest absolute Gasteiger partial charge is 0.414 e. The molecule has 0 saturated heterocycles. The second kappa shape index (κ2) is 15.1. The highest BCUT2D eigenvalue weighted by Gasteiger charge is 2.10. The topological polar surface area (TPSA) is 153 Å². The summed E-state index contributed by atoms with van der Waals surface area (Å²) < 4.78 is 17.8. The first kappa shape index (κ1) is 30.8. The van der Waals surface area contributed by atoms with Gasteiger partial charge >= 0.3 is 17.9 Å². The van der Waals surface area contributed by atoms with Crippen LogP contribution in [-0.4, -0.2) is 65.6 Å². The Morgan fingerprint density at radius 3 is 2.18 bits per heavy atom. The number of aromatic nitrogens is 1. The normalized spacial score (nSPS) is 10.5. The van der Waals surface area contributed by atoms with Gasteiger partial charge in [0, 0.05) is 13.6 Å². The van der Waals surface area contributed by atoms with E-state index in [1.54, 1.807) is 24.8 Å². The number of carboxylic acid groups (broad SMARTS) is 2. The van der Waals surface area contributed by atoms with Crippen LogP contribution in [-0.2, 0) is 26.2 Å². The molecule has 0 unspecified atom stereocenters. The Bertz CT molecular complexity index is 1320. The van der Waals surface area contributed by atoms with E-state index in [1.807, 2.05) is 56.3 Å². The third-order valence-corrected chi connectivity index (χ3v) is 5.42. The molecule has 0 amide bonds. The molecule has 0 bridgehead atoms. The Kier molecular flexibility index (Phi) is 12.0. The van der Waals surface area contributed by atoms with Crippen molar-refractivity contribution in [3.05, 3.63) is 58.9 Å². The molecule has 0 radical (unpaired) electrons. The summed E-state index contributed by atoms with van der Waals surface area (Å²) in [5.74, 6) is -2.39. The summed E-state index contributed by atoms with van der Waals surface area (Å²) in [4.78, 5) is 42.5. The molecular weight excluding hydrogens is 508 g/mol. The average molecular weight is 543 g/mol. The second-order valence-corrected chi connectivity index (χ2v) is 8.72. The highest BCUT2D eigenvalue weighted by atomic mass is 16.5. The average Bonchev–Trinajstić information content (AvgIpc) is 2.90. The van der Waals surface area contributed by atoms with Crippen molar-refractivity contribution < 1.29 is 38.8 Å². The summed E-state index contributed by atoms with van der Waals surface area (Å²) in [6.45, 7) is 5.61. The number of aliphatic carboxylic acids is 2. The fourth-order valence-electron chi connectivity index (χ4n) is 3.53. The van der Waals surface area contributed by atoms with Gasteiger partial charge in [0.2, 0.25) is 0 Å². The van der Waals surface area contributed by atoms with Crippen molar-refractivity contribution in [2.75, 3.05) is 26.8 Å². The summed E-state index contributed by atoms with van der Waals surface area (Å²) in [6, 6.07) is 15.3. The monoisotopic (exact) mass is 542 g/mol. The minimum absolute atomic E-state index is 0.0632. The number of hydrogen-bond acceptors (Lipinski definition) is 8. The number of ether oxygens (including phenoxy) is 3. The lowest BCUT2D eigenvalue weighted by atomic mass is 10.1. The fourth-order valence-corrected chi connectivity index (χ4v) is 3.53. The first-order valence-corrected chi connectivity index (χ1v) is 12.3. The number of esters is 1. The van der Waals surface area contributed by atoms with Crippen molar-refractivity contribution in [1.29, 1.82) is 0 Å². The zero-order chi connectivity index (χ0) is 28.9. The number of nitrogens with zero attached hydrogens (tertiary/aromatic N) is 1. The molecule has 0 aliphatic heterocycles. The predicted octanol–water partition coefficient (Wildman–Crippen LogP) is 3.07. The van der Waals surface area contributed by atoms with Crippen LogP contribution in [0.25, 0.3) is 22.0 Å². The number of methoxy groups -OCH3 is 1. The molecular formula is C28H34N2O9. The molecule has 0 aliphatic carbocycles. The van der Waals surface area contributed by atoms with Gasteiger partial charge in [-0.2, -0.15) is 0 Å². The summed E-state index contributed by atoms with van der Waals surface area (Å²) in [6.07, 6.45) is 1.11. The van der Waals surface area contributed by atoms with Crippen molar-refractivity contribution in [1.82, 2.24) is 9.88 Å². The summed E-state index contributed by atoms with van der Waals surface area (Å²) in [7, 11) is 3.36. The quantitative estimate of drug-likeness (QED) is 0.187. The van der Waals surface area contributed by atoms with Crippen molar-refractivity contribution in [2.24, 2.45) is 7.05 Å². The summed E-state index contributed by atoms with van der Waals surface area (Å²) in [5.41, 5.74) is 1.71. The molecule has 11 heteroatoms. The van der Waals surface area contributed by atoms with E-state index in [4.69, 9.17) is 34.0 Å². The van der Waals surface area contributed by atoms with Crippen LogP contribution in [0.3, 0.4) is 0 Å². The molecule has 3 rings (SSSR count). The molecule has 0 aliphatic rings. The Hall–Kier alpha value is -4.38. The second-order valence-electron chi connectivity index (χ2n) is 8.72. The third-order valence-electron chi connectivity index (χ3n) is 5.42. The van der Waals surface area contributed by atoms with Gasteiger partial charge < -0.3 is 34.3 Å². The van der Waals surface area contributed by atoms with E-state index in [9.17, 15) is 9.59 Å². The zero-order valence-corrected chi connectivity index (χ0v) is 22.4. The lowest BCUT2D eigenvalue weighted by Crippen LogP contribution is -2.22. The summed E-state index contributed by atoms with van der Waals surface area (Å²) >= 11 is 0. The lowest BCUT2D eigenvalue weighted by Gasteiger charge is -2.12. The summed E-state index contributed by atoms with van der Waals surface area (Å²) in [5, 5.41) is 19.5. The van der Waals surface area contributed by atoms with Crippen molar-refractivity contribution in [2.45, 2.75) is 32.8 Å². The number of fused-ring (bicyclic) bond motifs is 1. The minimum Gasteiger partial charge on any atom is -0.497 e. The number of carboxylic acids is 2. The van der Waals surface area contributed by atoms with Crippen LogP contribution in [0.1, 0.15) is 26.7 Å². The molecule has 0 spiro atoms. The number of benzene rings is 2. The number of nitrogens with one attached hydrogen (secondary N) is 1. The molecule has 2 aromatic carbocycles. The zero-order valence-electron chi connectivity index (χ0n) is 22.4. The Labute approximate surface area is 225 Å². The Morgan fingerprint density at radius 1 is 0.949 bits per heavy atom. The van der Waals surface area contributed by atoms with E-state index in [0.717, 1.165) is 35.4 Å². The highest BCUT2D eigenvalue weighted by molar-refractivity contribution is 6.27. The van der Waals surface area contributed by atoms with Gasteiger partial charge in [0.1, 0.15) is 11.5 Å². The van der Waals surface area contributed by atoms with Gasteiger partial charge in [-0.3, -0.25) is 9.59 Å². The standard InChI is InChI=1S/C26H32N2O5.C2H2O4/c1-18(2)33-25(29)12-14-27-13-5-15-32-21-9-6-19(7-10-21)24-16-20-8-11-22(31-4)17-23(20)26(30)28(24)3;3-1(4)2(5)6/h6-11,16-18,27H,5,12-15H2,1-4H3;(H,3,4)(H,5,6). The predicted molar refractivity (Wildman–Crippen MR) is 145 cm³/mol. The van der Waals surface area contributed by atoms with Crippen LogP contribution in [0.5, 0.6) is 11.5 Å². The van der Waals surface area contributed by atoms with Gasteiger partial charge in [-0.05, 0) is 80.2 Å². The van der Waals surface area contributed by atoms with Crippen LogP contribution < -0.4 is 20.3 Å². The van der Waals surface area contributed by atoms with Gasteiger partial charge in [-0.1, -0.05) is 6.07 Å². The Balaban J connectivity index is 0.000000798. The maximum atomic E-state index is 12.8. The lowest BCUT2D eigenvalue weighted by molar-refractivity contribution is -0.159. The number of rotatable bonds is 11. The van der Waals surface area contributed by atoms with Crippen LogP contribution in [0.15, 0.2) is 53.3 Å². The molecule has 210 valence electrons. The number of pyridine rings is 1. The van der Waals surface area contributed by atoms with E-state index in [1.165, 1.54) is 0 Å². The van der Waals surface area contributed by atoms with Crippen molar-refractivity contribution in [3.8, 4) is 22.8 Å². The third kappa shape index (κ3) is 9.78. The van der Waals surface area contributed by atoms with Crippen molar-refractivity contribution in [3.63, 3.8) is 0 Å². The largest absolute Gasteiger partial charge is 0.497 e. The molecule has 0 saturated carbocycles. The maximum Gasteiger partial charge on any atom is 0.414 e. The van der Waals surface area contributed by atoms with Gasteiger partial charge in [0.05, 0.1) is 37.3 Å². The highest BCUT2D eigenvalue weighted by Crippen LogP contribution is 2.26. The van der Waals surface area contributed by atoms with Gasteiger partial charge in [-0.25, -0.2) is 9.59 Å². The Morgan fingerprint density at radius 2 is 1.59 bits per heavy atom. The number of carbonyl (C=O) groups excluding carboxylic acids is 1. The van der Waals surface area contributed by atoms with Gasteiger partial charge in [0.25, 0.3) is 5.56 Å². The van der Waals surface area contributed by atoms with E-state index >= 15 is 0 Å². The van der Waals surface area contributed by atoms with Crippen LogP contribution in [0.4, 0.5) is 0 Å². The minimum atomic E-state index is -1.82. The first-order valence-electron chi connectivity index (χ1n) is 12.3. The van der Waals surface area contributed by atoms with E-state index in [2.05, 4.69) is 5.32 Å². The molecule has 0 fully saturated rings. The van der Waals surface area contributed by atoms with Crippen LogP contribution >= 0.6 is 0 Å². The van der Waals surface area contributed by atoms with Crippen LogP contribution in [0.2, 0.25) is 0 Å². The molecule has 1 aromatic heterocycles. The molecule has 11 nitrogen and oxygen atoms in total. The van der Waals surface area contributed by atoms with Gasteiger partial charge in [-0.15, -0.1) is 0 Å². The molecule has 39 heavy (non-hydrogen) atoms. The fraction of sp³-hybridized carbons (Fsp3) is 0.357. The first-order chi connectivity index (χ1) is 18.5. The molecule has 3 N–H and O–H groups in total. The van der Waals surface area contributed by atoms with Crippen molar-refractivity contribution >= 4 is 28.7 Å². The SMILES string of the molecule is COc1ccc2cc(-c3ccc(OCCCNCCC(=O)OC(C)C)cc3)n(C)c(=O)c2c1.O=C(O)C(=O)O. The van der Waals surface area contributed by atoms with Crippen LogP contribution in [0, 0.1) is 0 Å². The number of hydrogen-bond donors (Lipinski definition) is 3. The maximum absolute atomic E-state index is 12.8. The molecule has 3 aromatic rings. The van der Waals surface area contributed by atoms with Gasteiger partial charge in [0.15, 0.2) is 0 Å². The van der Waals surface area contributed by atoms with E-state index in [-0.39, 0.29) is 17.6 Å². The van der Waals surface area contributed by atoms with E-state index < -0.39 is 11.9 Å². The molecule has 0 atom stereocenters. The van der Waals surface area contributed by atoms with E-state index in [0.29, 0.717) is 30.7 Å². The molecule has 1 heterocycles.